The summed E-state index contributed by atoms with van der Waals surface area (Å²) in [6.45, 7) is 0. The summed E-state index contributed by atoms with van der Waals surface area (Å²) >= 11 is 6.79. The van der Waals surface area contributed by atoms with E-state index in [1.165, 1.54) is 0 Å². The Morgan fingerprint density at radius 3 is 2.13 bits per heavy atom. The van der Waals surface area contributed by atoms with E-state index in [1.54, 1.807) is 6.07 Å². The molecular formula is C12H8Br2O. The lowest BCUT2D eigenvalue weighted by Gasteiger charge is -2.07. The molecule has 0 unspecified atom stereocenters. The highest BCUT2D eigenvalue weighted by Crippen LogP contribution is 2.39. The van der Waals surface area contributed by atoms with Crippen LogP contribution in [0.25, 0.3) is 11.1 Å². The van der Waals surface area contributed by atoms with Crippen LogP contribution in [-0.2, 0) is 0 Å². The van der Waals surface area contributed by atoms with E-state index in [1.807, 2.05) is 36.4 Å². The summed E-state index contributed by atoms with van der Waals surface area (Å²) < 4.78 is 1.55. The minimum atomic E-state index is 0.238. The van der Waals surface area contributed by atoms with Gasteiger partial charge in [-0.2, -0.15) is 0 Å². The van der Waals surface area contributed by atoms with Gasteiger partial charge in [-0.05, 0) is 55.1 Å². The molecule has 2 aromatic carbocycles. The van der Waals surface area contributed by atoms with Crippen LogP contribution in [0.2, 0.25) is 0 Å². The fourth-order valence-electron chi connectivity index (χ4n) is 1.38. The van der Waals surface area contributed by atoms with Crippen molar-refractivity contribution in [3.8, 4) is 16.9 Å². The molecule has 0 aromatic heterocycles. The zero-order valence-corrected chi connectivity index (χ0v) is 10.9. The van der Waals surface area contributed by atoms with Crippen molar-refractivity contribution >= 4 is 31.9 Å². The van der Waals surface area contributed by atoms with Gasteiger partial charge in [-0.3, -0.25) is 0 Å². The van der Waals surface area contributed by atoms with Crippen LogP contribution in [-0.4, -0.2) is 5.11 Å². The molecule has 0 aliphatic heterocycles. The number of rotatable bonds is 1. The first kappa shape index (κ1) is 10.7. The average molecular weight is 328 g/mol. The van der Waals surface area contributed by atoms with Crippen LogP contribution in [0.1, 0.15) is 0 Å². The Bertz CT molecular complexity index is 480. The van der Waals surface area contributed by atoms with Gasteiger partial charge in [0.1, 0.15) is 5.75 Å². The molecule has 0 aliphatic rings. The smallest absolute Gasteiger partial charge is 0.130 e. The zero-order valence-electron chi connectivity index (χ0n) is 7.74. The van der Waals surface area contributed by atoms with E-state index in [4.69, 9.17) is 0 Å². The van der Waals surface area contributed by atoms with Crippen molar-refractivity contribution < 1.29 is 5.11 Å². The molecule has 76 valence electrons. The van der Waals surface area contributed by atoms with Gasteiger partial charge < -0.3 is 5.11 Å². The number of phenolic OH excluding ortho intramolecular Hbond substituents is 1. The number of halogens is 2. The highest BCUT2D eigenvalue weighted by molar-refractivity contribution is 9.13. The molecule has 0 atom stereocenters. The normalized spacial score (nSPS) is 10.3. The van der Waals surface area contributed by atoms with Crippen LogP contribution in [0.3, 0.4) is 0 Å². The topological polar surface area (TPSA) is 20.2 Å². The second-order valence-electron chi connectivity index (χ2n) is 3.13. The predicted molar refractivity (Wildman–Crippen MR) is 68.9 cm³/mol. The number of phenols is 1. The van der Waals surface area contributed by atoms with Crippen LogP contribution < -0.4 is 0 Å². The standard InChI is InChI=1S/C12H8Br2O/c13-11-9(6-7-10(15)12(11)14)8-4-2-1-3-5-8/h1-7,15H. The summed E-state index contributed by atoms with van der Waals surface area (Å²) in [4.78, 5) is 0. The number of hydrogen-bond donors (Lipinski definition) is 1. The molecule has 0 aliphatic carbocycles. The number of hydrogen-bond acceptors (Lipinski definition) is 1. The summed E-state index contributed by atoms with van der Waals surface area (Å²) in [6.07, 6.45) is 0. The van der Waals surface area contributed by atoms with E-state index in [0.717, 1.165) is 15.6 Å². The van der Waals surface area contributed by atoms with E-state index in [2.05, 4.69) is 31.9 Å². The van der Waals surface area contributed by atoms with Crippen molar-refractivity contribution in [2.75, 3.05) is 0 Å². The lowest BCUT2D eigenvalue weighted by molar-refractivity contribution is 0.471. The second kappa shape index (κ2) is 4.37. The quantitative estimate of drug-likeness (QED) is 0.812. The third-order valence-electron chi connectivity index (χ3n) is 2.15. The largest absolute Gasteiger partial charge is 0.507 e. The summed E-state index contributed by atoms with van der Waals surface area (Å²) in [5, 5.41) is 9.49. The zero-order chi connectivity index (χ0) is 10.8. The lowest BCUT2D eigenvalue weighted by atomic mass is 10.1. The van der Waals surface area contributed by atoms with Crippen LogP contribution in [0.15, 0.2) is 51.4 Å². The Balaban J connectivity index is 2.60. The molecule has 3 heteroatoms. The molecule has 2 aromatic rings. The molecule has 0 fully saturated rings. The molecule has 0 saturated carbocycles. The summed E-state index contributed by atoms with van der Waals surface area (Å²) in [5.41, 5.74) is 2.17. The molecule has 0 amide bonds. The first-order chi connectivity index (χ1) is 7.20. The maximum absolute atomic E-state index is 9.49. The van der Waals surface area contributed by atoms with Gasteiger partial charge in [0.05, 0.1) is 4.47 Å². The third kappa shape index (κ3) is 2.08. The molecule has 15 heavy (non-hydrogen) atoms. The Labute approximate surface area is 105 Å². The highest BCUT2D eigenvalue weighted by atomic mass is 79.9. The first-order valence-corrected chi connectivity index (χ1v) is 6.01. The van der Waals surface area contributed by atoms with E-state index in [0.29, 0.717) is 4.47 Å². The summed E-state index contributed by atoms with van der Waals surface area (Å²) in [5.74, 6) is 0.238. The lowest BCUT2D eigenvalue weighted by Crippen LogP contribution is -1.81. The van der Waals surface area contributed by atoms with Gasteiger partial charge in [-0.25, -0.2) is 0 Å². The van der Waals surface area contributed by atoms with Crippen LogP contribution >= 0.6 is 31.9 Å². The van der Waals surface area contributed by atoms with Crippen LogP contribution in [0, 0.1) is 0 Å². The van der Waals surface area contributed by atoms with E-state index >= 15 is 0 Å². The minimum absolute atomic E-state index is 0.238. The van der Waals surface area contributed by atoms with Crippen molar-refractivity contribution in [3.63, 3.8) is 0 Å². The third-order valence-corrected chi connectivity index (χ3v) is 4.31. The first-order valence-electron chi connectivity index (χ1n) is 4.42. The maximum atomic E-state index is 9.49. The van der Waals surface area contributed by atoms with Gasteiger partial charge >= 0.3 is 0 Å². The van der Waals surface area contributed by atoms with Crippen molar-refractivity contribution in [1.29, 1.82) is 0 Å². The molecule has 0 spiro atoms. The maximum Gasteiger partial charge on any atom is 0.130 e. The Hall–Kier alpha value is -0.800. The van der Waals surface area contributed by atoms with Gasteiger partial charge in [0.2, 0.25) is 0 Å². The molecule has 1 nitrogen and oxygen atoms in total. The fourth-order valence-corrected chi connectivity index (χ4v) is 2.29. The van der Waals surface area contributed by atoms with Gasteiger partial charge in [-0.1, -0.05) is 30.3 Å². The van der Waals surface area contributed by atoms with Crippen molar-refractivity contribution in [3.05, 3.63) is 51.4 Å². The SMILES string of the molecule is Oc1ccc(-c2ccccc2)c(Br)c1Br. The Morgan fingerprint density at radius 2 is 1.47 bits per heavy atom. The van der Waals surface area contributed by atoms with Crippen LogP contribution in [0.4, 0.5) is 0 Å². The molecule has 0 radical (unpaired) electrons. The fraction of sp³-hybridized carbons (Fsp3) is 0. The average Bonchev–Trinajstić information content (AvgIpc) is 2.27. The molecule has 0 saturated heterocycles. The molecular weight excluding hydrogens is 320 g/mol. The van der Waals surface area contributed by atoms with Crippen molar-refractivity contribution in [2.24, 2.45) is 0 Å². The number of benzene rings is 2. The minimum Gasteiger partial charge on any atom is -0.507 e. The van der Waals surface area contributed by atoms with Gasteiger partial charge in [-0.15, -0.1) is 0 Å². The monoisotopic (exact) mass is 326 g/mol. The van der Waals surface area contributed by atoms with Gasteiger partial charge in [0, 0.05) is 4.47 Å². The van der Waals surface area contributed by atoms with Crippen molar-refractivity contribution in [1.82, 2.24) is 0 Å². The highest BCUT2D eigenvalue weighted by Gasteiger charge is 2.09. The molecule has 0 heterocycles. The van der Waals surface area contributed by atoms with E-state index in [-0.39, 0.29) is 5.75 Å². The number of aromatic hydroxyl groups is 1. The molecule has 1 N–H and O–H groups in total. The Kier molecular flexibility index (Phi) is 3.12. The van der Waals surface area contributed by atoms with Gasteiger partial charge in [0.25, 0.3) is 0 Å². The van der Waals surface area contributed by atoms with Gasteiger partial charge in [0.15, 0.2) is 0 Å². The van der Waals surface area contributed by atoms with E-state index < -0.39 is 0 Å². The molecule has 0 bridgehead atoms. The summed E-state index contributed by atoms with van der Waals surface area (Å²) in [7, 11) is 0. The van der Waals surface area contributed by atoms with Crippen LogP contribution in [0.5, 0.6) is 5.75 Å². The predicted octanol–water partition coefficient (Wildman–Crippen LogP) is 4.58. The summed E-state index contributed by atoms with van der Waals surface area (Å²) in [6, 6.07) is 13.6. The van der Waals surface area contributed by atoms with Crippen molar-refractivity contribution in [2.45, 2.75) is 0 Å². The Morgan fingerprint density at radius 1 is 0.800 bits per heavy atom. The van der Waals surface area contributed by atoms with E-state index in [9.17, 15) is 5.11 Å². The second-order valence-corrected chi connectivity index (χ2v) is 4.71. The molecule has 2 rings (SSSR count).